The van der Waals surface area contributed by atoms with Gasteiger partial charge in [-0.15, -0.1) is 0 Å². The quantitative estimate of drug-likeness (QED) is 0.636. The molecular weight excluding hydrogens is 152 g/mol. The van der Waals surface area contributed by atoms with Crippen molar-refractivity contribution in [3.8, 4) is 0 Å². The van der Waals surface area contributed by atoms with E-state index < -0.39 is 0 Å². The van der Waals surface area contributed by atoms with Gasteiger partial charge in [-0.1, -0.05) is 19.9 Å². The third kappa shape index (κ3) is 3.42. The van der Waals surface area contributed by atoms with Crippen LogP contribution >= 0.6 is 0 Å². The molecule has 0 aliphatic carbocycles. The van der Waals surface area contributed by atoms with Crippen molar-refractivity contribution in [3.05, 3.63) is 11.8 Å². The lowest BCUT2D eigenvalue weighted by molar-refractivity contribution is -0.118. The lowest BCUT2D eigenvalue weighted by Gasteiger charge is -2.16. The molecule has 0 aliphatic rings. The highest BCUT2D eigenvalue weighted by Crippen LogP contribution is 2.04. The molecule has 0 saturated heterocycles. The number of allylic oxidation sites excluding steroid dienone is 1. The van der Waals surface area contributed by atoms with Crippen LogP contribution in [0.4, 0.5) is 0 Å². The highest BCUT2D eigenvalue weighted by molar-refractivity contribution is 5.92. The molecule has 0 atom stereocenters. The second-order valence-corrected chi connectivity index (χ2v) is 3.27. The molecule has 0 aromatic rings. The molecule has 0 heterocycles. The Morgan fingerprint density at radius 1 is 1.42 bits per heavy atom. The fraction of sp³-hybridized carbons (Fsp3) is 0.667. The number of likely N-dealkylation sites (N-methyl/N-ethyl adjacent to an activating group) is 2. The number of hydrogen-bond donors (Lipinski definition) is 1. The molecule has 0 aromatic heterocycles. The number of nitrogens with zero attached hydrogens (tertiary/aromatic N) is 1. The topological polar surface area (TPSA) is 32.3 Å². The first-order valence-electron chi connectivity index (χ1n) is 4.10. The highest BCUT2D eigenvalue weighted by atomic mass is 16.2. The summed E-state index contributed by atoms with van der Waals surface area (Å²) in [6, 6.07) is 0. The molecule has 0 unspecified atom stereocenters. The Morgan fingerprint density at radius 3 is 2.17 bits per heavy atom. The van der Waals surface area contributed by atoms with Gasteiger partial charge in [0, 0.05) is 21.1 Å². The van der Waals surface area contributed by atoms with E-state index in [0.717, 1.165) is 0 Å². The second-order valence-electron chi connectivity index (χ2n) is 3.27. The third-order valence-electron chi connectivity index (χ3n) is 1.43. The zero-order chi connectivity index (χ0) is 9.72. The fourth-order valence-corrected chi connectivity index (χ4v) is 0.872. The van der Waals surface area contributed by atoms with Gasteiger partial charge in [-0.3, -0.25) is 4.79 Å². The summed E-state index contributed by atoms with van der Waals surface area (Å²) in [5.41, 5.74) is 0.715. The zero-order valence-corrected chi connectivity index (χ0v) is 8.51. The summed E-state index contributed by atoms with van der Waals surface area (Å²) in [6.07, 6.45) is 1.94. The molecule has 0 saturated carbocycles. The van der Waals surface area contributed by atoms with Crippen molar-refractivity contribution < 1.29 is 4.79 Å². The maximum Gasteiger partial charge on any atom is 0.266 e. The van der Waals surface area contributed by atoms with Crippen LogP contribution in [0, 0.1) is 5.92 Å². The molecule has 0 aliphatic heterocycles. The van der Waals surface area contributed by atoms with Gasteiger partial charge in [-0.25, -0.2) is 0 Å². The van der Waals surface area contributed by atoms with Crippen molar-refractivity contribution in [2.24, 2.45) is 5.92 Å². The normalized spacial score (nSPS) is 11.7. The Morgan fingerprint density at radius 2 is 1.92 bits per heavy atom. The molecule has 1 amide bonds. The first-order valence-corrected chi connectivity index (χ1v) is 4.10. The molecule has 0 rings (SSSR count). The Kier molecular flexibility index (Phi) is 4.40. The van der Waals surface area contributed by atoms with Crippen LogP contribution in [0.3, 0.4) is 0 Å². The molecule has 0 bridgehead atoms. The van der Waals surface area contributed by atoms with Gasteiger partial charge >= 0.3 is 0 Å². The largest absolute Gasteiger partial charge is 0.373 e. The van der Waals surface area contributed by atoms with Crippen molar-refractivity contribution in [2.45, 2.75) is 13.8 Å². The third-order valence-corrected chi connectivity index (χ3v) is 1.43. The number of carbonyl (C=O) groups excluding carboxylic acids is 1. The average Bonchev–Trinajstić information content (AvgIpc) is 1.98. The summed E-state index contributed by atoms with van der Waals surface area (Å²) < 4.78 is 0. The Labute approximate surface area is 74.4 Å². The van der Waals surface area contributed by atoms with Crippen molar-refractivity contribution in [1.29, 1.82) is 0 Å². The SMILES string of the molecule is CNC(=O)C(=CC(C)C)N(C)C. The van der Waals surface area contributed by atoms with Gasteiger partial charge in [-0.2, -0.15) is 0 Å². The van der Waals surface area contributed by atoms with Gasteiger partial charge < -0.3 is 10.2 Å². The summed E-state index contributed by atoms with van der Waals surface area (Å²) in [7, 11) is 5.37. The second kappa shape index (κ2) is 4.80. The number of hydrogen-bond acceptors (Lipinski definition) is 2. The minimum Gasteiger partial charge on any atom is -0.373 e. The molecule has 70 valence electrons. The average molecular weight is 170 g/mol. The van der Waals surface area contributed by atoms with Gasteiger partial charge in [0.2, 0.25) is 0 Å². The van der Waals surface area contributed by atoms with E-state index in [0.29, 0.717) is 11.6 Å². The van der Waals surface area contributed by atoms with Crippen molar-refractivity contribution in [3.63, 3.8) is 0 Å². The van der Waals surface area contributed by atoms with Crippen LogP contribution in [0.15, 0.2) is 11.8 Å². The fourth-order valence-electron chi connectivity index (χ4n) is 0.872. The van der Waals surface area contributed by atoms with E-state index >= 15 is 0 Å². The summed E-state index contributed by atoms with van der Waals surface area (Å²) in [5, 5.41) is 2.60. The van der Waals surface area contributed by atoms with E-state index in [4.69, 9.17) is 0 Å². The summed E-state index contributed by atoms with van der Waals surface area (Å²) >= 11 is 0. The van der Waals surface area contributed by atoms with Crippen molar-refractivity contribution in [2.75, 3.05) is 21.1 Å². The molecule has 0 spiro atoms. The number of carbonyl (C=O) groups is 1. The Balaban J connectivity index is 4.55. The van der Waals surface area contributed by atoms with Crippen LogP contribution in [-0.2, 0) is 4.79 Å². The zero-order valence-electron chi connectivity index (χ0n) is 8.51. The molecule has 0 radical (unpaired) electrons. The molecule has 0 aromatic carbocycles. The van der Waals surface area contributed by atoms with Crippen LogP contribution < -0.4 is 5.32 Å². The van der Waals surface area contributed by atoms with Crippen LogP contribution in [-0.4, -0.2) is 32.0 Å². The van der Waals surface area contributed by atoms with E-state index in [9.17, 15) is 4.79 Å². The maximum atomic E-state index is 11.3. The van der Waals surface area contributed by atoms with Crippen molar-refractivity contribution >= 4 is 5.91 Å². The summed E-state index contributed by atoms with van der Waals surface area (Å²) in [6.45, 7) is 4.10. The van der Waals surface area contributed by atoms with Gasteiger partial charge in [0.25, 0.3) is 5.91 Å². The standard InChI is InChI=1S/C9H18N2O/c1-7(2)6-8(11(4)5)9(12)10-3/h6-7H,1-5H3,(H,10,12). The maximum absolute atomic E-state index is 11.3. The molecule has 3 nitrogen and oxygen atoms in total. The molecule has 1 N–H and O–H groups in total. The number of amides is 1. The van der Waals surface area contributed by atoms with Gasteiger partial charge in [0.15, 0.2) is 0 Å². The van der Waals surface area contributed by atoms with E-state index in [1.54, 1.807) is 7.05 Å². The summed E-state index contributed by atoms with van der Waals surface area (Å²) in [4.78, 5) is 13.1. The molecule has 3 heteroatoms. The first-order chi connectivity index (χ1) is 5.49. The van der Waals surface area contributed by atoms with Crippen LogP contribution in [0.5, 0.6) is 0 Å². The van der Waals surface area contributed by atoms with E-state index in [2.05, 4.69) is 5.32 Å². The molecule has 0 fully saturated rings. The smallest absolute Gasteiger partial charge is 0.266 e. The predicted octanol–water partition coefficient (Wildman–Crippen LogP) is 0.834. The minimum atomic E-state index is -0.0336. The minimum absolute atomic E-state index is 0.0336. The lowest BCUT2D eigenvalue weighted by atomic mass is 10.1. The number of nitrogens with one attached hydrogen (secondary N) is 1. The number of rotatable bonds is 3. The highest BCUT2D eigenvalue weighted by Gasteiger charge is 2.09. The Bertz CT molecular complexity index is 183. The van der Waals surface area contributed by atoms with E-state index in [-0.39, 0.29) is 5.91 Å². The van der Waals surface area contributed by atoms with E-state index in [1.165, 1.54) is 0 Å². The van der Waals surface area contributed by atoms with Crippen LogP contribution in [0.1, 0.15) is 13.8 Å². The van der Waals surface area contributed by atoms with Crippen molar-refractivity contribution in [1.82, 2.24) is 10.2 Å². The first kappa shape index (κ1) is 11.0. The van der Waals surface area contributed by atoms with Crippen LogP contribution in [0.25, 0.3) is 0 Å². The van der Waals surface area contributed by atoms with Crippen LogP contribution in [0.2, 0.25) is 0 Å². The molecule has 12 heavy (non-hydrogen) atoms. The Hall–Kier alpha value is -0.990. The monoisotopic (exact) mass is 170 g/mol. The summed E-state index contributed by atoms with van der Waals surface area (Å²) in [5.74, 6) is 0.355. The predicted molar refractivity (Wildman–Crippen MR) is 50.7 cm³/mol. The van der Waals surface area contributed by atoms with Gasteiger partial charge in [0.1, 0.15) is 0 Å². The van der Waals surface area contributed by atoms with Gasteiger partial charge in [-0.05, 0) is 5.92 Å². The molecular formula is C9H18N2O. The van der Waals surface area contributed by atoms with E-state index in [1.807, 2.05) is 38.9 Å². The lowest BCUT2D eigenvalue weighted by Crippen LogP contribution is -2.28. The van der Waals surface area contributed by atoms with Gasteiger partial charge in [0.05, 0.1) is 5.70 Å².